The molecular weight excluding hydrogens is 448 g/mol. The van der Waals surface area contributed by atoms with Gasteiger partial charge in [0, 0.05) is 32.5 Å². The molecule has 196 valence electrons. The molecule has 7 heteroatoms. The van der Waals surface area contributed by atoms with Crippen molar-refractivity contribution in [3.05, 3.63) is 48.0 Å². The second-order valence-electron chi connectivity index (χ2n) is 10.1. The van der Waals surface area contributed by atoms with Crippen molar-refractivity contribution >= 4 is 5.97 Å². The molecule has 3 rings (SSSR count). The van der Waals surface area contributed by atoms with Crippen LogP contribution in [-0.4, -0.2) is 60.6 Å². The van der Waals surface area contributed by atoms with Crippen LogP contribution >= 0.6 is 0 Å². The van der Waals surface area contributed by atoms with Gasteiger partial charge in [0.1, 0.15) is 18.1 Å². The van der Waals surface area contributed by atoms with E-state index in [1.807, 2.05) is 56.3 Å². The third-order valence-corrected chi connectivity index (χ3v) is 7.70. The summed E-state index contributed by atoms with van der Waals surface area (Å²) >= 11 is 0. The molecule has 1 aromatic carbocycles. The van der Waals surface area contributed by atoms with Crippen LogP contribution < -0.4 is 0 Å². The number of rotatable bonds is 3. The van der Waals surface area contributed by atoms with E-state index in [2.05, 4.69) is 0 Å². The van der Waals surface area contributed by atoms with Crippen LogP contribution in [-0.2, 0) is 23.7 Å². The van der Waals surface area contributed by atoms with Crippen molar-refractivity contribution in [1.82, 2.24) is 0 Å². The van der Waals surface area contributed by atoms with Crippen LogP contribution in [0.2, 0.25) is 0 Å². The standard InChI is InChI=1S/C28H42O7/c1-18-15-16-25(33-5)24(32-4)14-10-9-13-23(21-11-7-6-8-12-21)34-27(30)20(3)28(31)17-22(29)19(2)26(18)35-28/h6-8,11-12,15-16,18-20,22-26,29,31H,9-10,13-14,17H2,1-5H3/b16-15+/t18-,19-,20+,22+,23-,24?,25+,26-,28-/m0/s1. The van der Waals surface area contributed by atoms with E-state index in [1.54, 1.807) is 21.1 Å². The predicted octanol–water partition coefficient (Wildman–Crippen LogP) is 4.18. The minimum absolute atomic E-state index is 0.0557. The maximum atomic E-state index is 13.3. The quantitative estimate of drug-likeness (QED) is 0.485. The molecule has 0 aliphatic carbocycles. The van der Waals surface area contributed by atoms with Crippen molar-refractivity contribution in [2.45, 2.75) is 89.2 Å². The van der Waals surface area contributed by atoms with Crippen molar-refractivity contribution in [2.75, 3.05) is 14.2 Å². The number of hydrogen-bond donors (Lipinski definition) is 2. The first-order chi connectivity index (χ1) is 16.7. The highest BCUT2D eigenvalue weighted by molar-refractivity contribution is 5.73. The fourth-order valence-electron chi connectivity index (χ4n) is 5.19. The SMILES string of the molecule is COC1CCCC[C@@H](c2ccccc2)OC(=O)[C@@H](C)[C@]2(O)C[C@@H](O)[C@H](C)[C@@H](O2)[C@@H](C)/C=C/[C@H]1OC. The maximum Gasteiger partial charge on any atom is 0.314 e. The first kappa shape index (κ1) is 27.8. The van der Waals surface area contributed by atoms with Gasteiger partial charge in [-0.15, -0.1) is 0 Å². The highest BCUT2D eigenvalue weighted by Gasteiger charge is 2.51. The summed E-state index contributed by atoms with van der Waals surface area (Å²) in [5.41, 5.74) is 0.909. The third-order valence-electron chi connectivity index (χ3n) is 7.70. The molecule has 2 aliphatic rings. The molecule has 1 saturated heterocycles. The van der Waals surface area contributed by atoms with Crippen LogP contribution in [0.4, 0.5) is 0 Å². The van der Waals surface area contributed by atoms with Crippen molar-refractivity contribution in [3.63, 3.8) is 0 Å². The highest BCUT2D eigenvalue weighted by Crippen LogP contribution is 2.40. The minimum Gasteiger partial charge on any atom is -0.457 e. The number of aliphatic hydroxyl groups excluding tert-OH is 1. The Labute approximate surface area is 209 Å². The Morgan fingerprint density at radius 2 is 1.69 bits per heavy atom. The van der Waals surface area contributed by atoms with Gasteiger partial charge in [0.25, 0.3) is 0 Å². The van der Waals surface area contributed by atoms with Crippen LogP contribution in [0.1, 0.15) is 64.5 Å². The van der Waals surface area contributed by atoms with E-state index in [0.717, 1.165) is 24.8 Å². The van der Waals surface area contributed by atoms with Gasteiger partial charge < -0.3 is 29.2 Å². The fourth-order valence-corrected chi connectivity index (χ4v) is 5.19. The lowest BCUT2D eigenvalue weighted by Gasteiger charge is -2.47. The normalized spacial score (nSPS) is 40.6. The van der Waals surface area contributed by atoms with E-state index in [-0.39, 0.29) is 30.5 Å². The smallest absolute Gasteiger partial charge is 0.314 e. The average Bonchev–Trinajstić information content (AvgIpc) is 2.86. The van der Waals surface area contributed by atoms with Gasteiger partial charge in [-0.05, 0) is 31.7 Å². The Morgan fingerprint density at radius 3 is 2.34 bits per heavy atom. The van der Waals surface area contributed by atoms with E-state index >= 15 is 0 Å². The molecule has 2 heterocycles. The van der Waals surface area contributed by atoms with E-state index in [1.165, 1.54) is 0 Å². The largest absolute Gasteiger partial charge is 0.457 e. The molecule has 35 heavy (non-hydrogen) atoms. The molecule has 1 fully saturated rings. The van der Waals surface area contributed by atoms with E-state index in [9.17, 15) is 15.0 Å². The molecule has 9 atom stereocenters. The molecule has 0 amide bonds. The van der Waals surface area contributed by atoms with Gasteiger partial charge in [0.15, 0.2) is 5.79 Å². The lowest BCUT2D eigenvalue weighted by atomic mass is 9.80. The van der Waals surface area contributed by atoms with Crippen LogP contribution in [0.3, 0.4) is 0 Å². The van der Waals surface area contributed by atoms with Crippen LogP contribution in [0.5, 0.6) is 0 Å². The molecular formula is C28H42O7. The number of fused-ring (bicyclic) bond motifs is 2. The number of methoxy groups -OCH3 is 2. The number of esters is 1. The van der Waals surface area contributed by atoms with Crippen molar-refractivity contribution in [2.24, 2.45) is 17.8 Å². The summed E-state index contributed by atoms with van der Waals surface area (Å²) in [6, 6.07) is 9.65. The van der Waals surface area contributed by atoms with E-state index in [0.29, 0.717) is 6.42 Å². The van der Waals surface area contributed by atoms with Crippen molar-refractivity contribution < 1.29 is 34.0 Å². The number of aliphatic hydroxyl groups is 2. The topological polar surface area (TPSA) is 94.5 Å². The van der Waals surface area contributed by atoms with Crippen molar-refractivity contribution in [3.8, 4) is 0 Å². The molecule has 0 saturated carbocycles. The molecule has 1 unspecified atom stereocenters. The summed E-state index contributed by atoms with van der Waals surface area (Å²) in [6.07, 6.45) is 4.95. The Hall–Kier alpha value is -1.77. The van der Waals surface area contributed by atoms with Gasteiger partial charge >= 0.3 is 5.97 Å². The van der Waals surface area contributed by atoms with Gasteiger partial charge in [0.05, 0.1) is 18.3 Å². The van der Waals surface area contributed by atoms with Crippen molar-refractivity contribution in [1.29, 1.82) is 0 Å². The van der Waals surface area contributed by atoms with Crippen LogP contribution in [0.25, 0.3) is 0 Å². The molecule has 2 N–H and O–H groups in total. The summed E-state index contributed by atoms with van der Waals surface area (Å²) in [5.74, 6) is -3.70. The first-order valence-corrected chi connectivity index (χ1v) is 12.8. The van der Waals surface area contributed by atoms with Crippen LogP contribution in [0, 0.1) is 17.8 Å². The van der Waals surface area contributed by atoms with E-state index in [4.69, 9.17) is 18.9 Å². The molecule has 2 aliphatic heterocycles. The Morgan fingerprint density at radius 1 is 1.00 bits per heavy atom. The number of cyclic esters (lactones) is 1. The number of benzene rings is 1. The molecule has 7 nitrogen and oxygen atoms in total. The average molecular weight is 491 g/mol. The summed E-state index contributed by atoms with van der Waals surface area (Å²) < 4.78 is 23.6. The third kappa shape index (κ3) is 6.71. The molecule has 2 bridgehead atoms. The second-order valence-corrected chi connectivity index (χ2v) is 10.1. The summed E-state index contributed by atoms with van der Waals surface area (Å²) in [4.78, 5) is 13.3. The van der Waals surface area contributed by atoms with Gasteiger partial charge in [-0.25, -0.2) is 0 Å². The number of ether oxygens (including phenoxy) is 4. The minimum atomic E-state index is -1.83. The second kappa shape index (κ2) is 12.5. The summed E-state index contributed by atoms with van der Waals surface area (Å²) in [7, 11) is 3.35. The number of carbonyl (C=O) groups is 1. The zero-order chi connectivity index (χ0) is 25.6. The predicted molar refractivity (Wildman–Crippen MR) is 132 cm³/mol. The Kier molecular flexibility index (Phi) is 9.90. The van der Waals surface area contributed by atoms with Gasteiger partial charge in [0.2, 0.25) is 0 Å². The molecule has 0 spiro atoms. The highest BCUT2D eigenvalue weighted by atomic mass is 16.6. The molecule has 1 aromatic rings. The van der Waals surface area contributed by atoms with Gasteiger partial charge in [-0.3, -0.25) is 4.79 Å². The van der Waals surface area contributed by atoms with Gasteiger partial charge in [-0.1, -0.05) is 62.8 Å². The zero-order valence-electron chi connectivity index (χ0n) is 21.6. The van der Waals surface area contributed by atoms with E-state index < -0.39 is 36.0 Å². The van der Waals surface area contributed by atoms with Crippen LogP contribution in [0.15, 0.2) is 42.5 Å². The molecule has 0 radical (unpaired) electrons. The summed E-state index contributed by atoms with van der Waals surface area (Å²) in [5, 5.41) is 22.2. The first-order valence-electron chi connectivity index (χ1n) is 12.8. The van der Waals surface area contributed by atoms with Gasteiger partial charge in [-0.2, -0.15) is 0 Å². The Balaban J connectivity index is 1.94. The lowest BCUT2D eigenvalue weighted by Crippen LogP contribution is -2.57. The maximum absolute atomic E-state index is 13.3. The monoisotopic (exact) mass is 490 g/mol. The zero-order valence-corrected chi connectivity index (χ0v) is 21.6. The number of hydrogen-bond acceptors (Lipinski definition) is 7. The lowest BCUT2D eigenvalue weighted by molar-refractivity contribution is -0.313. The molecule has 0 aromatic heterocycles. The summed E-state index contributed by atoms with van der Waals surface area (Å²) in [6.45, 7) is 5.48. The fraction of sp³-hybridized carbons (Fsp3) is 0.679. The Bertz CT molecular complexity index is 828. The number of carbonyl (C=O) groups excluding carboxylic acids is 1.